The molecule has 1 aromatic carbocycles. The number of rotatable bonds is 4. The van der Waals surface area contributed by atoms with Gasteiger partial charge in [-0.15, -0.1) is 0 Å². The fourth-order valence-corrected chi connectivity index (χ4v) is 3.41. The van der Waals surface area contributed by atoms with Crippen LogP contribution in [0.25, 0.3) is 0 Å². The van der Waals surface area contributed by atoms with E-state index in [1.54, 1.807) is 6.07 Å². The van der Waals surface area contributed by atoms with E-state index < -0.39 is 0 Å². The Balaban J connectivity index is 1.75. The third-order valence-electron chi connectivity index (χ3n) is 4.19. The van der Waals surface area contributed by atoms with E-state index in [0.717, 1.165) is 18.7 Å². The van der Waals surface area contributed by atoms with Crippen LogP contribution >= 0.6 is 11.6 Å². The number of fused-ring (bicyclic) bond motifs is 1. The number of nitrogens with one attached hydrogen (secondary N) is 1. The molecule has 0 aliphatic carbocycles. The lowest BCUT2D eigenvalue weighted by Gasteiger charge is -2.37. The van der Waals surface area contributed by atoms with Crippen LogP contribution in [0.4, 0.5) is 0 Å². The second kappa shape index (κ2) is 6.86. The molecule has 0 bridgehead atoms. The quantitative estimate of drug-likeness (QED) is 0.911. The van der Waals surface area contributed by atoms with Crippen LogP contribution < -0.4 is 10.1 Å². The molecule has 1 aromatic rings. The Morgan fingerprint density at radius 1 is 1.50 bits per heavy atom. The number of hydrogen-bond acceptors (Lipinski definition) is 4. The third kappa shape index (κ3) is 3.07. The number of carbonyl (C=O) groups excluding carboxylic acids is 1. The zero-order chi connectivity index (χ0) is 15.5. The van der Waals surface area contributed by atoms with Gasteiger partial charge < -0.3 is 19.7 Å². The summed E-state index contributed by atoms with van der Waals surface area (Å²) in [7, 11) is 0. The molecule has 0 radical (unpaired) electrons. The highest BCUT2D eigenvalue weighted by molar-refractivity contribution is 6.32. The van der Waals surface area contributed by atoms with E-state index in [1.807, 2.05) is 24.0 Å². The molecule has 120 valence electrons. The van der Waals surface area contributed by atoms with Crippen LogP contribution in [0.15, 0.2) is 18.2 Å². The maximum absolute atomic E-state index is 12.7. The van der Waals surface area contributed by atoms with Gasteiger partial charge in [0.2, 0.25) is 5.91 Å². The van der Waals surface area contributed by atoms with Gasteiger partial charge in [0.1, 0.15) is 5.75 Å². The summed E-state index contributed by atoms with van der Waals surface area (Å²) < 4.78 is 11.3. The van der Waals surface area contributed by atoms with E-state index in [2.05, 4.69) is 5.32 Å². The van der Waals surface area contributed by atoms with E-state index in [9.17, 15) is 4.79 Å². The van der Waals surface area contributed by atoms with Gasteiger partial charge in [-0.3, -0.25) is 4.79 Å². The third-order valence-corrected chi connectivity index (χ3v) is 4.49. The largest absolute Gasteiger partial charge is 0.492 e. The van der Waals surface area contributed by atoms with Gasteiger partial charge in [0.15, 0.2) is 0 Å². The average molecular weight is 325 g/mol. The van der Waals surface area contributed by atoms with Crippen LogP contribution in [0.3, 0.4) is 0 Å². The molecule has 1 N–H and O–H groups in total. The van der Waals surface area contributed by atoms with Crippen molar-refractivity contribution in [2.24, 2.45) is 0 Å². The van der Waals surface area contributed by atoms with Crippen LogP contribution in [0.5, 0.6) is 5.75 Å². The number of morpholine rings is 1. The summed E-state index contributed by atoms with van der Waals surface area (Å²) in [5.74, 6) is 0.722. The van der Waals surface area contributed by atoms with E-state index in [-0.39, 0.29) is 18.1 Å². The van der Waals surface area contributed by atoms with E-state index in [0.29, 0.717) is 37.0 Å². The van der Waals surface area contributed by atoms with Crippen LogP contribution in [-0.2, 0) is 16.0 Å². The number of carbonyl (C=O) groups is 1. The standard InChI is InChI=1S/C16H21ClN2O3/c1-2-21-16-11(4-3-5-12(16)17)8-15(20)19-6-7-22-14-10-18-9-13(14)19/h3-5,13-14,18H,2,6-10H2,1H3. The second-order valence-corrected chi connectivity index (χ2v) is 5.97. The van der Waals surface area contributed by atoms with E-state index in [4.69, 9.17) is 21.1 Å². The minimum absolute atomic E-state index is 0.102. The zero-order valence-corrected chi connectivity index (χ0v) is 13.4. The lowest BCUT2D eigenvalue weighted by Crippen LogP contribution is -2.53. The lowest BCUT2D eigenvalue weighted by molar-refractivity contribution is -0.142. The highest BCUT2D eigenvalue weighted by Gasteiger charge is 2.38. The van der Waals surface area contributed by atoms with Gasteiger partial charge in [0, 0.05) is 25.2 Å². The summed E-state index contributed by atoms with van der Waals surface area (Å²) >= 11 is 6.19. The Labute approximate surface area is 135 Å². The molecule has 2 heterocycles. The molecule has 6 heteroatoms. The van der Waals surface area contributed by atoms with Crippen molar-refractivity contribution in [2.75, 3.05) is 32.8 Å². The van der Waals surface area contributed by atoms with Crippen molar-refractivity contribution in [1.82, 2.24) is 10.2 Å². The molecule has 2 aliphatic rings. The molecule has 2 aliphatic heterocycles. The SMILES string of the molecule is CCOc1c(Cl)cccc1CC(=O)N1CCOC2CNCC21. The minimum atomic E-state index is 0.102. The van der Waals surface area contributed by atoms with Crippen molar-refractivity contribution in [1.29, 1.82) is 0 Å². The Morgan fingerprint density at radius 3 is 3.18 bits per heavy atom. The second-order valence-electron chi connectivity index (χ2n) is 5.56. The number of para-hydroxylation sites is 1. The van der Waals surface area contributed by atoms with Crippen molar-refractivity contribution in [3.05, 3.63) is 28.8 Å². The van der Waals surface area contributed by atoms with Gasteiger partial charge in [-0.2, -0.15) is 0 Å². The summed E-state index contributed by atoms with van der Waals surface area (Å²) in [6.07, 6.45) is 0.419. The number of benzene rings is 1. The predicted octanol–water partition coefficient (Wildman–Crippen LogP) is 1.48. The van der Waals surface area contributed by atoms with Crippen molar-refractivity contribution < 1.29 is 14.3 Å². The van der Waals surface area contributed by atoms with Gasteiger partial charge in [-0.1, -0.05) is 23.7 Å². The topological polar surface area (TPSA) is 50.8 Å². The average Bonchev–Trinajstić information content (AvgIpc) is 2.99. The normalized spacial score (nSPS) is 24.2. The lowest BCUT2D eigenvalue weighted by atomic mass is 10.1. The Bertz CT molecular complexity index is 552. The first-order valence-electron chi connectivity index (χ1n) is 7.72. The Morgan fingerprint density at radius 2 is 2.36 bits per heavy atom. The molecular weight excluding hydrogens is 304 g/mol. The maximum Gasteiger partial charge on any atom is 0.227 e. The van der Waals surface area contributed by atoms with Gasteiger partial charge in [0.25, 0.3) is 0 Å². The Hall–Kier alpha value is -1.30. The molecule has 2 fully saturated rings. The fraction of sp³-hybridized carbons (Fsp3) is 0.562. The van der Waals surface area contributed by atoms with Gasteiger partial charge in [-0.05, 0) is 13.0 Å². The Kier molecular flexibility index (Phi) is 4.86. The summed E-state index contributed by atoms with van der Waals surface area (Å²) in [4.78, 5) is 14.7. The van der Waals surface area contributed by atoms with Crippen molar-refractivity contribution in [3.63, 3.8) is 0 Å². The molecule has 2 unspecified atom stereocenters. The molecule has 0 saturated carbocycles. The summed E-state index contributed by atoms with van der Waals surface area (Å²) in [6.45, 7) is 5.29. The molecule has 0 spiro atoms. The molecule has 5 nitrogen and oxygen atoms in total. The molecule has 22 heavy (non-hydrogen) atoms. The van der Waals surface area contributed by atoms with Crippen LogP contribution in [-0.4, -0.2) is 55.8 Å². The zero-order valence-electron chi connectivity index (χ0n) is 12.7. The monoisotopic (exact) mass is 324 g/mol. The number of hydrogen-bond donors (Lipinski definition) is 1. The molecule has 3 rings (SSSR count). The molecule has 2 saturated heterocycles. The number of nitrogens with zero attached hydrogens (tertiary/aromatic N) is 1. The first-order valence-corrected chi connectivity index (χ1v) is 8.10. The van der Waals surface area contributed by atoms with Crippen LogP contribution in [0, 0.1) is 0 Å². The number of ether oxygens (including phenoxy) is 2. The van der Waals surface area contributed by atoms with Crippen molar-refractivity contribution >= 4 is 17.5 Å². The van der Waals surface area contributed by atoms with Gasteiger partial charge in [0.05, 0.1) is 36.8 Å². The number of halogens is 1. The van der Waals surface area contributed by atoms with Crippen LogP contribution in [0.2, 0.25) is 5.02 Å². The highest BCUT2D eigenvalue weighted by Crippen LogP contribution is 2.30. The molecule has 0 aromatic heterocycles. The first-order chi connectivity index (χ1) is 10.7. The van der Waals surface area contributed by atoms with E-state index in [1.165, 1.54) is 0 Å². The van der Waals surface area contributed by atoms with E-state index >= 15 is 0 Å². The summed E-state index contributed by atoms with van der Waals surface area (Å²) in [6, 6.07) is 5.68. The van der Waals surface area contributed by atoms with Gasteiger partial charge >= 0.3 is 0 Å². The maximum atomic E-state index is 12.7. The summed E-state index contributed by atoms with van der Waals surface area (Å²) in [5, 5.41) is 3.84. The van der Waals surface area contributed by atoms with Gasteiger partial charge in [-0.25, -0.2) is 0 Å². The first kappa shape index (κ1) is 15.6. The summed E-state index contributed by atoms with van der Waals surface area (Å²) in [5.41, 5.74) is 0.841. The van der Waals surface area contributed by atoms with Crippen molar-refractivity contribution in [2.45, 2.75) is 25.5 Å². The molecule has 2 atom stereocenters. The molecular formula is C16H21ClN2O3. The molecule has 1 amide bonds. The number of amides is 1. The fourth-order valence-electron chi connectivity index (χ4n) is 3.16. The predicted molar refractivity (Wildman–Crippen MR) is 84.4 cm³/mol. The smallest absolute Gasteiger partial charge is 0.227 e. The van der Waals surface area contributed by atoms with Crippen LogP contribution in [0.1, 0.15) is 12.5 Å². The minimum Gasteiger partial charge on any atom is -0.492 e. The van der Waals surface area contributed by atoms with Crippen molar-refractivity contribution in [3.8, 4) is 5.75 Å². The highest BCUT2D eigenvalue weighted by atomic mass is 35.5.